The molecule has 15 heteroatoms. The highest BCUT2D eigenvalue weighted by Gasteiger charge is 2.34. The molecule has 1 aliphatic heterocycles. The number of H-pyrrole nitrogens is 2. The number of nitrogens with zero attached hydrogens (tertiary/aromatic N) is 4. The topological polar surface area (TPSA) is 141 Å². The Hall–Kier alpha value is -5.05. The summed E-state index contributed by atoms with van der Waals surface area (Å²) in [6.07, 6.45) is 6.64. The van der Waals surface area contributed by atoms with Gasteiger partial charge in [0, 0.05) is 40.6 Å². The number of benzene rings is 3. The summed E-state index contributed by atoms with van der Waals surface area (Å²) in [6, 6.07) is 22.5. The van der Waals surface area contributed by atoms with Gasteiger partial charge in [-0.25, -0.2) is 0 Å². The van der Waals surface area contributed by atoms with Crippen LogP contribution in [0.25, 0.3) is 11.4 Å². The Morgan fingerprint density at radius 3 is 2.00 bits per heavy atom. The number of nitrogens with one attached hydrogen (secondary N) is 2. The fourth-order valence-electron chi connectivity index (χ4n) is 7.24. The lowest BCUT2D eigenvalue weighted by molar-refractivity contribution is 0.139. The minimum absolute atomic E-state index is 0.0999. The van der Waals surface area contributed by atoms with Crippen LogP contribution in [0.5, 0.6) is 17.5 Å². The normalized spacial score (nSPS) is 14.7. The van der Waals surface area contributed by atoms with Crippen molar-refractivity contribution in [1.82, 2.24) is 29.0 Å². The van der Waals surface area contributed by atoms with E-state index in [1.54, 1.807) is 74.0 Å². The minimum atomic E-state index is -1.38. The average molecular weight is 802 g/mol. The van der Waals surface area contributed by atoms with Gasteiger partial charge in [0.25, 0.3) is 11.1 Å². The SMILES string of the molecule is COc1ccc(C(c2c(O)n(-c3cccc(Cl)c3)c(=S)[nH]c2=O)c2c(O)n(-c3cccc(Cl)c3)c(=S)[nH]c2=O)cc1CN1CCCC[C@H]1c1cccnc1. The van der Waals surface area contributed by atoms with Gasteiger partial charge in [-0.05, 0) is 110 Å². The summed E-state index contributed by atoms with van der Waals surface area (Å²) in [4.78, 5) is 40.3. The first-order valence-electron chi connectivity index (χ1n) is 17.0. The third-order valence-electron chi connectivity index (χ3n) is 9.65. The molecule has 4 heterocycles. The van der Waals surface area contributed by atoms with Crippen LogP contribution < -0.4 is 15.9 Å². The van der Waals surface area contributed by atoms with E-state index in [1.807, 2.05) is 18.3 Å². The Balaban J connectivity index is 1.48. The number of aromatic nitrogens is 5. The van der Waals surface area contributed by atoms with Crippen molar-refractivity contribution in [3.63, 3.8) is 0 Å². The number of rotatable bonds is 9. The summed E-state index contributed by atoms with van der Waals surface area (Å²) < 4.78 is 8.11. The number of aromatic amines is 2. The van der Waals surface area contributed by atoms with Gasteiger partial charge >= 0.3 is 0 Å². The predicted octanol–water partition coefficient (Wildman–Crippen LogP) is 8.13. The van der Waals surface area contributed by atoms with Gasteiger partial charge < -0.3 is 14.9 Å². The lowest BCUT2D eigenvalue weighted by Gasteiger charge is -2.36. The predicted molar refractivity (Wildman–Crippen MR) is 213 cm³/mol. The number of pyridine rings is 1. The highest BCUT2D eigenvalue weighted by atomic mass is 35.5. The number of hydrogen-bond acceptors (Lipinski definition) is 9. The first kappa shape index (κ1) is 37.3. The summed E-state index contributed by atoms with van der Waals surface area (Å²) in [7, 11) is 1.57. The van der Waals surface area contributed by atoms with Crippen LogP contribution >= 0.6 is 47.6 Å². The Morgan fingerprint density at radius 2 is 1.46 bits per heavy atom. The largest absolute Gasteiger partial charge is 0.496 e. The standard InChI is InChI=1S/C39H34Cl2N6O5S2/c1-52-30-14-13-22(17-24(30)21-45-16-3-2-12-29(45)23-7-6-15-42-20-23)31(32-34(48)43-38(53)46(36(32)50)27-10-4-8-25(40)18-27)33-35(49)44-39(54)47(37(33)51)28-11-5-9-26(41)19-28/h4-11,13-15,17-20,29,31,50-51H,2-3,12,16,21H2,1H3,(H,43,48,53)(H,44,49,54)/t29-/m0/s1. The second-order valence-electron chi connectivity index (χ2n) is 12.9. The van der Waals surface area contributed by atoms with Crippen molar-refractivity contribution in [1.29, 1.82) is 0 Å². The van der Waals surface area contributed by atoms with E-state index in [1.165, 1.54) is 9.13 Å². The van der Waals surface area contributed by atoms with E-state index in [0.29, 0.717) is 39.3 Å². The van der Waals surface area contributed by atoms with Crippen molar-refractivity contribution in [2.24, 2.45) is 0 Å². The quantitative estimate of drug-likeness (QED) is 0.107. The summed E-state index contributed by atoms with van der Waals surface area (Å²) in [5.41, 5.74) is 0.889. The third-order valence-corrected chi connectivity index (χ3v) is 10.7. The molecule has 54 heavy (non-hydrogen) atoms. The van der Waals surface area contributed by atoms with Crippen molar-refractivity contribution in [3.05, 3.63) is 159 Å². The van der Waals surface area contributed by atoms with Gasteiger partial charge in [0.05, 0.1) is 35.5 Å². The number of ether oxygens (including phenoxy) is 1. The minimum Gasteiger partial charge on any atom is -0.496 e. The maximum atomic E-state index is 14.1. The molecule has 0 saturated carbocycles. The highest BCUT2D eigenvalue weighted by molar-refractivity contribution is 7.71. The van der Waals surface area contributed by atoms with Crippen LogP contribution in [0.15, 0.2) is 101 Å². The number of methoxy groups -OCH3 is 1. The molecule has 11 nitrogen and oxygen atoms in total. The zero-order valence-electron chi connectivity index (χ0n) is 28.8. The maximum absolute atomic E-state index is 14.1. The Morgan fingerprint density at radius 1 is 0.852 bits per heavy atom. The lowest BCUT2D eigenvalue weighted by Crippen LogP contribution is -2.33. The van der Waals surface area contributed by atoms with Gasteiger partial charge in [-0.1, -0.05) is 53.9 Å². The van der Waals surface area contributed by atoms with Crippen LogP contribution in [0, 0.1) is 9.54 Å². The number of aromatic hydroxyl groups is 2. The van der Waals surface area contributed by atoms with E-state index in [-0.39, 0.29) is 26.7 Å². The molecule has 0 aliphatic carbocycles. The molecule has 6 aromatic rings. The molecule has 1 atom stereocenters. The first-order valence-corrected chi connectivity index (χ1v) is 18.6. The van der Waals surface area contributed by atoms with Crippen LogP contribution in [0.3, 0.4) is 0 Å². The van der Waals surface area contributed by atoms with Gasteiger partial charge in [-0.2, -0.15) is 0 Å². The number of halogens is 2. The Kier molecular flexibility index (Phi) is 10.9. The molecule has 3 aromatic heterocycles. The van der Waals surface area contributed by atoms with Crippen LogP contribution in [0.1, 0.15) is 59.0 Å². The molecular formula is C39H34Cl2N6O5S2. The van der Waals surface area contributed by atoms with Crippen molar-refractivity contribution in [2.75, 3.05) is 13.7 Å². The van der Waals surface area contributed by atoms with Crippen molar-refractivity contribution in [2.45, 2.75) is 37.8 Å². The molecule has 1 aliphatic rings. The molecule has 0 amide bonds. The molecule has 1 saturated heterocycles. The van der Waals surface area contributed by atoms with Crippen molar-refractivity contribution < 1.29 is 14.9 Å². The van der Waals surface area contributed by atoms with E-state index in [0.717, 1.165) is 36.9 Å². The molecule has 3 aromatic carbocycles. The fourth-order valence-corrected chi connectivity index (χ4v) is 8.17. The molecular weight excluding hydrogens is 768 g/mol. The molecule has 1 fully saturated rings. The van der Waals surface area contributed by atoms with E-state index in [2.05, 4.69) is 25.9 Å². The molecule has 4 N–H and O–H groups in total. The van der Waals surface area contributed by atoms with E-state index in [4.69, 9.17) is 52.4 Å². The maximum Gasteiger partial charge on any atom is 0.259 e. The van der Waals surface area contributed by atoms with Gasteiger partial charge in [-0.15, -0.1) is 0 Å². The van der Waals surface area contributed by atoms with Crippen LogP contribution in [-0.4, -0.2) is 52.9 Å². The van der Waals surface area contributed by atoms with Gasteiger partial charge in [-0.3, -0.25) is 38.6 Å². The zero-order chi connectivity index (χ0) is 38.1. The van der Waals surface area contributed by atoms with Gasteiger partial charge in [0.2, 0.25) is 11.8 Å². The first-order chi connectivity index (χ1) is 26.0. The summed E-state index contributed by atoms with van der Waals surface area (Å²) in [6.45, 7) is 1.27. The van der Waals surface area contributed by atoms with E-state index < -0.39 is 28.8 Å². The van der Waals surface area contributed by atoms with Crippen LogP contribution in [0.2, 0.25) is 10.0 Å². The van der Waals surface area contributed by atoms with E-state index in [9.17, 15) is 19.8 Å². The monoisotopic (exact) mass is 800 g/mol. The van der Waals surface area contributed by atoms with Crippen LogP contribution in [-0.2, 0) is 6.54 Å². The zero-order valence-corrected chi connectivity index (χ0v) is 32.0. The summed E-state index contributed by atoms with van der Waals surface area (Å²) in [5.74, 6) is -1.91. The number of hydrogen-bond donors (Lipinski definition) is 4. The molecule has 276 valence electrons. The second-order valence-corrected chi connectivity index (χ2v) is 14.5. The lowest BCUT2D eigenvalue weighted by atomic mass is 9.85. The molecule has 0 unspecified atom stereocenters. The second kappa shape index (κ2) is 15.7. The van der Waals surface area contributed by atoms with Crippen molar-refractivity contribution in [3.8, 4) is 28.9 Å². The summed E-state index contributed by atoms with van der Waals surface area (Å²) >= 11 is 23.7. The molecule has 7 rings (SSSR count). The van der Waals surface area contributed by atoms with E-state index >= 15 is 0 Å². The molecule has 0 radical (unpaired) electrons. The Bertz CT molecular complexity index is 2490. The molecule has 0 bridgehead atoms. The average Bonchev–Trinajstić information content (AvgIpc) is 3.14. The number of likely N-dealkylation sites (tertiary alicyclic amines) is 1. The smallest absolute Gasteiger partial charge is 0.259 e. The fraction of sp³-hybridized carbons (Fsp3) is 0.205. The Labute approximate surface area is 329 Å². The highest BCUT2D eigenvalue weighted by Crippen LogP contribution is 2.41. The van der Waals surface area contributed by atoms with Gasteiger partial charge in [0.1, 0.15) is 5.75 Å². The number of piperidine rings is 1. The van der Waals surface area contributed by atoms with Gasteiger partial charge in [0.15, 0.2) is 9.54 Å². The van der Waals surface area contributed by atoms with Crippen molar-refractivity contribution >= 4 is 47.6 Å². The third kappa shape index (κ3) is 7.25. The van der Waals surface area contributed by atoms with Crippen LogP contribution in [0.4, 0.5) is 0 Å². The molecule has 0 spiro atoms. The summed E-state index contributed by atoms with van der Waals surface area (Å²) in [5, 5.41) is 24.9.